The topological polar surface area (TPSA) is 88.2 Å². The van der Waals surface area contributed by atoms with Gasteiger partial charge >= 0.3 is 0 Å². The van der Waals surface area contributed by atoms with Gasteiger partial charge < -0.3 is 10.1 Å². The summed E-state index contributed by atoms with van der Waals surface area (Å²) in [5.74, 6) is 0. The van der Waals surface area contributed by atoms with Gasteiger partial charge in [0.05, 0.1) is 29.8 Å². The highest BCUT2D eigenvalue weighted by Crippen LogP contribution is 2.30. The molecule has 0 atom stereocenters. The van der Waals surface area contributed by atoms with Gasteiger partial charge in [0.1, 0.15) is 5.69 Å². The minimum Gasteiger partial charge on any atom is -0.380 e. The summed E-state index contributed by atoms with van der Waals surface area (Å²) in [6.07, 6.45) is 0. The largest absolute Gasteiger partial charge is 0.380 e. The molecule has 0 spiro atoms. The van der Waals surface area contributed by atoms with Crippen molar-refractivity contribution < 1.29 is 9.66 Å². The molecule has 1 aliphatic rings. The summed E-state index contributed by atoms with van der Waals surface area (Å²) in [6, 6.07) is 6.31. The summed E-state index contributed by atoms with van der Waals surface area (Å²) in [5, 5.41) is 22.7. The molecule has 1 fully saturated rings. The Hall–Kier alpha value is -2.13. The Labute approximate surface area is 104 Å². The third-order valence-electron chi connectivity index (χ3n) is 2.93. The Morgan fingerprint density at radius 2 is 2.33 bits per heavy atom. The fourth-order valence-electron chi connectivity index (χ4n) is 1.76. The minimum atomic E-state index is -0.483. The first-order chi connectivity index (χ1) is 8.54. The first-order valence-corrected chi connectivity index (χ1v) is 5.54. The van der Waals surface area contributed by atoms with Crippen LogP contribution in [-0.2, 0) is 4.74 Å². The lowest BCUT2D eigenvalue weighted by atomic mass is 9.88. The number of nitro groups is 1. The van der Waals surface area contributed by atoms with Gasteiger partial charge in [0.2, 0.25) is 0 Å². The van der Waals surface area contributed by atoms with Crippen molar-refractivity contribution in [1.29, 1.82) is 5.26 Å². The van der Waals surface area contributed by atoms with Gasteiger partial charge in [0, 0.05) is 18.0 Å². The van der Waals surface area contributed by atoms with Gasteiger partial charge in [0.15, 0.2) is 0 Å². The van der Waals surface area contributed by atoms with E-state index >= 15 is 0 Å². The summed E-state index contributed by atoms with van der Waals surface area (Å²) < 4.78 is 5.12. The zero-order valence-corrected chi connectivity index (χ0v) is 9.97. The number of nitriles is 1. The molecule has 1 saturated heterocycles. The predicted octanol–water partition coefficient (Wildman–Crippen LogP) is 1.91. The van der Waals surface area contributed by atoms with E-state index in [1.165, 1.54) is 6.07 Å². The van der Waals surface area contributed by atoms with E-state index in [0.29, 0.717) is 25.4 Å². The van der Waals surface area contributed by atoms with Gasteiger partial charge in [-0.3, -0.25) is 10.1 Å². The highest BCUT2D eigenvalue weighted by molar-refractivity contribution is 5.64. The molecule has 0 radical (unpaired) electrons. The van der Waals surface area contributed by atoms with Crippen LogP contribution in [0.15, 0.2) is 18.2 Å². The van der Waals surface area contributed by atoms with Gasteiger partial charge in [-0.15, -0.1) is 0 Å². The number of nitro benzene ring substituents is 1. The number of anilines is 1. The first kappa shape index (κ1) is 12.3. The van der Waals surface area contributed by atoms with Crippen molar-refractivity contribution in [3.05, 3.63) is 33.9 Å². The van der Waals surface area contributed by atoms with Crippen molar-refractivity contribution in [2.24, 2.45) is 5.41 Å². The van der Waals surface area contributed by atoms with Crippen LogP contribution >= 0.6 is 0 Å². The standard InChI is InChI=1S/C12H13N3O3/c1-12(7-18-8-12)6-14-10-3-2-9(5-13)4-11(10)15(16)17/h2-4,14H,6-8H2,1H3. The van der Waals surface area contributed by atoms with Gasteiger partial charge in [-0.05, 0) is 12.1 Å². The van der Waals surface area contributed by atoms with E-state index in [1.54, 1.807) is 12.1 Å². The molecular formula is C12H13N3O3. The van der Waals surface area contributed by atoms with Crippen LogP contribution in [0.5, 0.6) is 0 Å². The Bertz CT molecular complexity index is 518. The molecule has 0 amide bonds. The fraction of sp³-hybridized carbons (Fsp3) is 0.417. The van der Waals surface area contributed by atoms with E-state index in [1.807, 2.05) is 6.07 Å². The maximum atomic E-state index is 10.9. The molecule has 0 aliphatic carbocycles. The van der Waals surface area contributed by atoms with Gasteiger partial charge in [-0.25, -0.2) is 0 Å². The van der Waals surface area contributed by atoms with Crippen LogP contribution in [0.3, 0.4) is 0 Å². The molecule has 18 heavy (non-hydrogen) atoms. The molecule has 0 saturated carbocycles. The lowest BCUT2D eigenvalue weighted by Crippen LogP contribution is -2.45. The third-order valence-corrected chi connectivity index (χ3v) is 2.93. The van der Waals surface area contributed by atoms with E-state index in [9.17, 15) is 10.1 Å². The third kappa shape index (κ3) is 2.41. The Kier molecular flexibility index (Phi) is 3.17. The monoisotopic (exact) mass is 247 g/mol. The molecule has 94 valence electrons. The molecule has 1 aromatic carbocycles. The second-order valence-corrected chi connectivity index (χ2v) is 4.76. The van der Waals surface area contributed by atoms with Gasteiger partial charge in [0.25, 0.3) is 5.69 Å². The molecule has 1 aliphatic heterocycles. The number of hydrogen-bond acceptors (Lipinski definition) is 5. The van der Waals surface area contributed by atoms with Crippen LogP contribution in [0.4, 0.5) is 11.4 Å². The lowest BCUT2D eigenvalue weighted by Gasteiger charge is -2.38. The van der Waals surface area contributed by atoms with E-state index < -0.39 is 4.92 Å². The Morgan fingerprint density at radius 1 is 1.61 bits per heavy atom. The van der Waals surface area contributed by atoms with Crippen molar-refractivity contribution in [1.82, 2.24) is 0 Å². The van der Waals surface area contributed by atoms with E-state index in [0.717, 1.165) is 0 Å². The Morgan fingerprint density at radius 3 is 2.83 bits per heavy atom. The van der Waals surface area contributed by atoms with Crippen molar-refractivity contribution in [2.75, 3.05) is 25.1 Å². The van der Waals surface area contributed by atoms with E-state index in [-0.39, 0.29) is 16.7 Å². The van der Waals surface area contributed by atoms with Crippen molar-refractivity contribution >= 4 is 11.4 Å². The van der Waals surface area contributed by atoms with Gasteiger partial charge in [-0.1, -0.05) is 6.92 Å². The average molecular weight is 247 g/mol. The van der Waals surface area contributed by atoms with Crippen LogP contribution in [0.1, 0.15) is 12.5 Å². The van der Waals surface area contributed by atoms with Crippen LogP contribution in [0.2, 0.25) is 0 Å². The molecule has 0 unspecified atom stereocenters. The predicted molar refractivity (Wildman–Crippen MR) is 65.2 cm³/mol. The van der Waals surface area contributed by atoms with Crippen LogP contribution < -0.4 is 5.32 Å². The fourth-order valence-corrected chi connectivity index (χ4v) is 1.76. The molecule has 1 heterocycles. The van der Waals surface area contributed by atoms with E-state index in [2.05, 4.69) is 12.2 Å². The second-order valence-electron chi connectivity index (χ2n) is 4.76. The minimum absolute atomic E-state index is 0.0295. The summed E-state index contributed by atoms with van der Waals surface area (Å²) in [5.41, 5.74) is 0.678. The molecule has 6 nitrogen and oxygen atoms in total. The zero-order chi connectivity index (χ0) is 13.2. The molecular weight excluding hydrogens is 234 g/mol. The number of ether oxygens (including phenoxy) is 1. The highest BCUT2D eigenvalue weighted by atomic mass is 16.6. The molecule has 1 N–H and O–H groups in total. The van der Waals surface area contributed by atoms with Gasteiger partial charge in [-0.2, -0.15) is 5.26 Å². The maximum absolute atomic E-state index is 10.9. The molecule has 1 aromatic rings. The van der Waals surface area contributed by atoms with Crippen LogP contribution in [0, 0.1) is 26.9 Å². The summed E-state index contributed by atoms with van der Waals surface area (Å²) in [7, 11) is 0. The molecule has 2 rings (SSSR count). The number of rotatable bonds is 4. The first-order valence-electron chi connectivity index (χ1n) is 5.54. The van der Waals surface area contributed by atoms with Crippen LogP contribution in [0.25, 0.3) is 0 Å². The number of benzene rings is 1. The van der Waals surface area contributed by atoms with Crippen molar-refractivity contribution in [3.63, 3.8) is 0 Å². The molecule has 0 aromatic heterocycles. The maximum Gasteiger partial charge on any atom is 0.293 e. The average Bonchev–Trinajstić information content (AvgIpc) is 2.33. The SMILES string of the molecule is CC1(CNc2ccc(C#N)cc2[N+](=O)[O-])COC1. The lowest BCUT2D eigenvalue weighted by molar-refractivity contribution is -0.384. The zero-order valence-electron chi connectivity index (χ0n) is 9.97. The highest BCUT2D eigenvalue weighted by Gasteiger charge is 2.33. The van der Waals surface area contributed by atoms with Crippen LogP contribution in [-0.4, -0.2) is 24.7 Å². The quantitative estimate of drug-likeness (QED) is 0.648. The summed E-state index contributed by atoms with van der Waals surface area (Å²) >= 11 is 0. The Balaban J connectivity index is 2.16. The number of nitrogens with one attached hydrogen (secondary N) is 1. The number of hydrogen-bond donors (Lipinski definition) is 1. The van der Waals surface area contributed by atoms with Crippen molar-refractivity contribution in [3.8, 4) is 6.07 Å². The van der Waals surface area contributed by atoms with Crippen molar-refractivity contribution in [2.45, 2.75) is 6.92 Å². The summed E-state index contributed by atoms with van der Waals surface area (Å²) in [4.78, 5) is 10.4. The number of nitrogens with zero attached hydrogens (tertiary/aromatic N) is 2. The van der Waals surface area contributed by atoms with E-state index in [4.69, 9.17) is 10.00 Å². The molecule has 6 heteroatoms. The smallest absolute Gasteiger partial charge is 0.293 e. The second kappa shape index (κ2) is 4.63. The molecule has 0 bridgehead atoms. The summed E-state index contributed by atoms with van der Waals surface area (Å²) in [6.45, 7) is 3.98. The normalized spacial score (nSPS) is 16.4.